The molecule has 1 heterocycles. The molecule has 0 radical (unpaired) electrons. The lowest BCUT2D eigenvalue weighted by molar-refractivity contribution is 0.0684. The number of aromatic nitrogens is 1. The van der Waals surface area contributed by atoms with Crippen LogP contribution in [-0.4, -0.2) is 15.6 Å². The van der Waals surface area contributed by atoms with Crippen molar-refractivity contribution in [3.05, 3.63) is 69.6 Å². The molecule has 0 saturated heterocycles. The molecule has 1 aromatic carbocycles. The molecule has 0 atom stereocenters. The van der Waals surface area contributed by atoms with Gasteiger partial charge in [0, 0.05) is 6.07 Å². The molecule has 0 amide bonds. The fraction of sp³-hybridized carbons (Fsp3) is 0.0714. The number of carboxylic acids is 1. The number of benzene rings is 1. The SMILES string of the molecule is N#Cc1ccc(Cn2c(C(=O)O)cccc2=O)cc1. The number of hydrogen-bond donors (Lipinski definition) is 1. The number of rotatable bonds is 3. The van der Waals surface area contributed by atoms with Crippen LogP contribution >= 0.6 is 0 Å². The van der Waals surface area contributed by atoms with Crippen molar-refractivity contribution in [3.8, 4) is 6.07 Å². The van der Waals surface area contributed by atoms with Crippen LogP contribution < -0.4 is 5.56 Å². The Morgan fingerprint density at radius 3 is 2.47 bits per heavy atom. The van der Waals surface area contributed by atoms with Crippen molar-refractivity contribution in [1.29, 1.82) is 5.26 Å². The van der Waals surface area contributed by atoms with E-state index in [0.717, 1.165) is 5.56 Å². The van der Waals surface area contributed by atoms with E-state index in [1.165, 1.54) is 22.8 Å². The maximum Gasteiger partial charge on any atom is 0.352 e. The van der Waals surface area contributed by atoms with E-state index in [4.69, 9.17) is 10.4 Å². The molecule has 0 saturated carbocycles. The largest absolute Gasteiger partial charge is 0.477 e. The molecule has 5 nitrogen and oxygen atoms in total. The molecule has 1 N–H and O–H groups in total. The molecular weight excluding hydrogens is 244 g/mol. The van der Waals surface area contributed by atoms with Crippen molar-refractivity contribution in [1.82, 2.24) is 4.57 Å². The van der Waals surface area contributed by atoms with Gasteiger partial charge in [-0.1, -0.05) is 18.2 Å². The van der Waals surface area contributed by atoms with Crippen LogP contribution in [0.25, 0.3) is 0 Å². The highest BCUT2D eigenvalue weighted by atomic mass is 16.4. The fourth-order valence-corrected chi connectivity index (χ4v) is 1.74. The van der Waals surface area contributed by atoms with Crippen molar-refractivity contribution in [2.45, 2.75) is 6.54 Å². The van der Waals surface area contributed by atoms with Gasteiger partial charge in [-0.25, -0.2) is 4.79 Å². The summed E-state index contributed by atoms with van der Waals surface area (Å²) in [5.41, 5.74) is 0.846. The van der Waals surface area contributed by atoms with E-state index in [2.05, 4.69) is 0 Å². The third-order valence-electron chi connectivity index (χ3n) is 2.69. The fourth-order valence-electron chi connectivity index (χ4n) is 1.74. The van der Waals surface area contributed by atoms with Gasteiger partial charge in [0.05, 0.1) is 18.2 Å². The van der Waals surface area contributed by atoms with Gasteiger partial charge in [0.1, 0.15) is 5.69 Å². The minimum atomic E-state index is -1.15. The van der Waals surface area contributed by atoms with Crippen LogP contribution in [0.5, 0.6) is 0 Å². The molecule has 0 fully saturated rings. The first kappa shape index (κ1) is 12.6. The van der Waals surface area contributed by atoms with E-state index in [1.807, 2.05) is 6.07 Å². The number of pyridine rings is 1. The van der Waals surface area contributed by atoms with Gasteiger partial charge in [-0.2, -0.15) is 5.26 Å². The molecule has 0 aliphatic heterocycles. The predicted octanol–water partition coefficient (Wildman–Crippen LogP) is 1.47. The Morgan fingerprint density at radius 2 is 1.89 bits per heavy atom. The summed E-state index contributed by atoms with van der Waals surface area (Å²) in [6, 6.07) is 12.8. The van der Waals surface area contributed by atoms with Crippen LogP contribution in [0.1, 0.15) is 21.6 Å². The van der Waals surface area contributed by atoms with Crippen LogP contribution in [0.3, 0.4) is 0 Å². The predicted molar refractivity (Wildman–Crippen MR) is 67.9 cm³/mol. The van der Waals surface area contributed by atoms with Gasteiger partial charge in [-0.3, -0.25) is 9.36 Å². The van der Waals surface area contributed by atoms with Crippen molar-refractivity contribution in [2.75, 3.05) is 0 Å². The van der Waals surface area contributed by atoms with E-state index < -0.39 is 5.97 Å². The van der Waals surface area contributed by atoms with E-state index in [-0.39, 0.29) is 17.8 Å². The second-order valence-corrected chi connectivity index (χ2v) is 3.95. The monoisotopic (exact) mass is 254 g/mol. The molecule has 0 unspecified atom stereocenters. The van der Waals surface area contributed by atoms with Gasteiger partial charge in [0.2, 0.25) is 0 Å². The maximum atomic E-state index is 11.7. The molecule has 19 heavy (non-hydrogen) atoms. The molecule has 0 aliphatic carbocycles. The minimum Gasteiger partial charge on any atom is -0.477 e. The highest BCUT2D eigenvalue weighted by molar-refractivity contribution is 5.85. The van der Waals surface area contributed by atoms with Gasteiger partial charge >= 0.3 is 5.97 Å². The molecule has 0 aliphatic rings. The molecule has 0 bridgehead atoms. The first-order valence-electron chi connectivity index (χ1n) is 5.54. The summed E-state index contributed by atoms with van der Waals surface area (Å²) >= 11 is 0. The Balaban J connectivity index is 2.40. The number of carbonyl (C=O) groups is 1. The Labute approximate surface area is 109 Å². The first-order valence-corrected chi connectivity index (χ1v) is 5.54. The third kappa shape index (κ3) is 2.69. The summed E-state index contributed by atoms with van der Waals surface area (Å²) in [7, 11) is 0. The lowest BCUT2D eigenvalue weighted by Gasteiger charge is -2.09. The number of nitrogens with zero attached hydrogens (tertiary/aromatic N) is 2. The van der Waals surface area contributed by atoms with Crippen LogP contribution in [0.4, 0.5) is 0 Å². The average molecular weight is 254 g/mol. The lowest BCUT2D eigenvalue weighted by atomic mass is 10.1. The Bertz CT molecular complexity index is 709. The van der Waals surface area contributed by atoms with Gasteiger partial charge in [0.15, 0.2) is 0 Å². The van der Waals surface area contributed by atoms with E-state index in [9.17, 15) is 9.59 Å². The topological polar surface area (TPSA) is 83.1 Å². The molecule has 0 spiro atoms. The van der Waals surface area contributed by atoms with Crippen molar-refractivity contribution < 1.29 is 9.90 Å². The highest BCUT2D eigenvalue weighted by Crippen LogP contribution is 2.06. The number of hydrogen-bond acceptors (Lipinski definition) is 3. The van der Waals surface area contributed by atoms with Crippen molar-refractivity contribution in [2.24, 2.45) is 0 Å². The molecular formula is C14H10N2O3. The molecule has 2 aromatic rings. The normalized spacial score (nSPS) is 9.84. The number of aromatic carboxylic acids is 1. The second-order valence-electron chi connectivity index (χ2n) is 3.95. The molecule has 5 heteroatoms. The summed E-state index contributed by atoms with van der Waals surface area (Å²) in [5.74, 6) is -1.15. The standard InChI is InChI=1S/C14H10N2O3/c15-8-10-4-6-11(7-5-10)9-16-12(14(18)19)2-1-3-13(16)17/h1-7H,9H2,(H,18,19). The van der Waals surface area contributed by atoms with E-state index in [0.29, 0.717) is 5.56 Å². The summed E-state index contributed by atoms with van der Waals surface area (Å²) in [5, 5.41) is 17.7. The summed E-state index contributed by atoms with van der Waals surface area (Å²) in [4.78, 5) is 22.8. The average Bonchev–Trinajstić information content (AvgIpc) is 2.41. The molecule has 1 aromatic heterocycles. The van der Waals surface area contributed by atoms with Crippen molar-refractivity contribution >= 4 is 5.97 Å². The van der Waals surface area contributed by atoms with E-state index in [1.54, 1.807) is 24.3 Å². The Hall–Kier alpha value is -2.87. The zero-order valence-electron chi connectivity index (χ0n) is 9.91. The quantitative estimate of drug-likeness (QED) is 0.898. The smallest absolute Gasteiger partial charge is 0.352 e. The van der Waals surface area contributed by atoms with Crippen LogP contribution in [0.15, 0.2) is 47.3 Å². The van der Waals surface area contributed by atoms with Gasteiger partial charge < -0.3 is 5.11 Å². The van der Waals surface area contributed by atoms with E-state index >= 15 is 0 Å². The second kappa shape index (κ2) is 5.19. The van der Waals surface area contributed by atoms with Crippen molar-refractivity contribution in [3.63, 3.8) is 0 Å². The summed E-state index contributed by atoms with van der Waals surface area (Å²) in [6.45, 7) is 0.160. The number of nitriles is 1. The molecule has 94 valence electrons. The first-order chi connectivity index (χ1) is 9.11. The third-order valence-corrected chi connectivity index (χ3v) is 2.69. The zero-order valence-corrected chi connectivity index (χ0v) is 9.91. The Morgan fingerprint density at radius 1 is 1.21 bits per heavy atom. The molecule has 2 rings (SSSR count). The summed E-state index contributed by atoms with van der Waals surface area (Å²) < 4.78 is 1.18. The Kier molecular flexibility index (Phi) is 3.44. The van der Waals surface area contributed by atoms with Gasteiger partial charge in [0.25, 0.3) is 5.56 Å². The van der Waals surface area contributed by atoms with Gasteiger partial charge in [-0.15, -0.1) is 0 Å². The summed E-state index contributed by atoms with van der Waals surface area (Å²) in [6.07, 6.45) is 0. The number of carboxylic acid groups (broad SMARTS) is 1. The zero-order chi connectivity index (χ0) is 13.8. The maximum absolute atomic E-state index is 11.7. The lowest BCUT2D eigenvalue weighted by Crippen LogP contribution is -2.25. The van der Waals surface area contributed by atoms with Crippen LogP contribution in [0, 0.1) is 11.3 Å². The minimum absolute atomic E-state index is 0.0585. The van der Waals surface area contributed by atoms with Crippen LogP contribution in [-0.2, 0) is 6.54 Å². The van der Waals surface area contributed by atoms with Crippen LogP contribution in [0.2, 0.25) is 0 Å². The van der Waals surface area contributed by atoms with Gasteiger partial charge in [-0.05, 0) is 23.8 Å². The highest BCUT2D eigenvalue weighted by Gasteiger charge is 2.10.